The van der Waals surface area contributed by atoms with Crippen molar-refractivity contribution in [3.63, 3.8) is 0 Å². The van der Waals surface area contributed by atoms with Gasteiger partial charge in [-0.15, -0.1) is 5.10 Å². The molecule has 10 heteroatoms. The minimum atomic E-state index is -0.387. The average molecular weight is 478 g/mol. The Hall–Kier alpha value is -3.92. The lowest BCUT2D eigenvalue weighted by atomic mass is 10.2. The molecule has 0 saturated carbocycles. The van der Waals surface area contributed by atoms with Crippen LogP contribution >= 0.6 is 0 Å². The maximum Gasteiger partial charge on any atom is 0.315 e. The van der Waals surface area contributed by atoms with Crippen molar-refractivity contribution in [3.8, 4) is 0 Å². The highest BCUT2D eigenvalue weighted by Crippen LogP contribution is 2.19. The Labute approximate surface area is 204 Å². The van der Waals surface area contributed by atoms with E-state index in [1.807, 2.05) is 53.6 Å². The summed E-state index contributed by atoms with van der Waals surface area (Å²) < 4.78 is 7.48. The third-order valence-corrected chi connectivity index (χ3v) is 5.88. The summed E-state index contributed by atoms with van der Waals surface area (Å²) in [5, 5.41) is 13.8. The first-order chi connectivity index (χ1) is 17.1. The van der Waals surface area contributed by atoms with Crippen molar-refractivity contribution >= 4 is 17.6 Å². The van der Waals surface area contributed by atoms with Gasteiger partial charge in [-0.3, -0.25) is 9.48 Å². The van der Waals surface area contributed by atoms with Gasteiger partial charge in [0.05, 0.1) is 38.5 Å². The fourth-order valence-electron chi connectivity index (χ4n) is 4.05. The molecule has 1 aliphatic heterocycles. The number of benzene rings is 2. The number of hydrogen-bond donors (Lipinski definition) is 3. The average Bonchev–Trinajstić information content (AvgIpc) is 3.52. The molecule has 0 unspecified atom stereocenters. The molecule has 4 rings (SSSR count). The van der Waals surface area contributed by atoms with Gasteiger partial charge in [-0.2, -0.15) is 0 Å². The molecule has 0 spiro atoms. The van der Waals surface area contributed by atoms with Crippen LogP contribution in [0, 0.1) is 0 Å². The number of ether oxygens (including phenoxy) is 1. The lowest BCUT2D eigenvalue weighted by Crippen LogP contribution is -2.46. The molecule has 35 heavy (non-hydrogen) atoms. The number of aromatic nitrogens is 3. The quantitative estimate of drug-likeness (QED) is 0.384. The second-order valence-corrected chi connectivity index (χ2v) is 8.57. The van der Waals surface area contributed by atoms with E-state index < -0.39 is 0 Å². The molecule has 0 radical (unpaired) electrons. The van der Waals surface area contributed by atoms with Crippen LogP contribution in [0.5, 0.6) is 0 Å². The third-order valence-electron chi connectivity index (χ3n) is 5.88. The molecule has 3 aromatic rings. The van der Waals surface area contributed by atoms with Crippen molar-refractivity contribution in [1.29, 1.82) is 0 Å². The van der Waals surface area contributed by atoms with E-state index in [0.29, 0.717) is 38.5 Å². The molecule has 0 aliphatic carbocycles. The smallest absolute Gasteiger partial charge is 0.315 e. The number of rotatable bonds is 10. The van der Waals surface area contributed by atoms with E-state index in [9.17, 15) is 9.59 Å². The first-order valence-corrected chi connectivity index (χ1v) is 11.7. The van der Waals surface area contributed by atoms with E-state index >= 15 is 0 Å². The van der Waals surface area contributed by atoms with Crippen LogP contribution in [0.4, 0.5) is 10.5 Å². The van der Waals surface area contributed by atoms with E-state index in [1.54, 1.807) is 16.8 Å². The molecule has 10 nitrogen and oxygen atoms in total. The summed E-state index contributed by atoms with van der Waals surface area (Å²) in [6, 6.07) is 16.8. The van der Waals surface area contributed by atoms with Gasteiger partial charge in [0, 0.05) is 18.8 Å². The summed E-state index contributed by atoms with van der Waals surface area (Å²) in [4.78, 5) is 26.7. The monoisotopic (exact) mass is 477 g/mol. The second kappa shape index (κ2) is 12.0. The van der Waals surface area contributed by atoms with Crippen LogP contribution < -0.4 is 16.4 Å². The van der Waals surface area contributed by atoms with Crippen LogP contribution in [-0.4, -0.2) is 51.0 Å². The summed E-state index contributed by atoms with van der Waals surface area (Å²) in [5.74, 6) is -0.110. The van der Waals surface area contributed by atoms with E-state index in [1.165, 1.54) is 0 Å². The molecule has 1 aliphatic rings. The molecule has 4 N–H and O–H groups in total. The first kappa shape index (κ1) is 24.2. The van der Waals surface area contributed by atoms with Gasteiger partial charge in [0.15, 0.2) is 0 Å². The van der Waals surface area contributed by atoms with Crippen molar-refractivity contribution in [2.24, 2.45) is 0 Å². The topological polar surface area (TPSA) is 127 Å². The fourth-order valence-corrected chi connectivity index (χ4v) is 4.05. The van der Waals surface area contributed by atoms with Crippen molar-refractivity contribution in [2.45, 2.75) is 45.2 Å². The first-order valence-electron chi connectivity index (χ1n) is 11.7. The number of carbonyl (C=O) groups excluding carboxylic acids is 2. The van der Waals surface area contributed by atoms with Gasteiger partial charge in [-0.1, -0.05) is 47.7 Å². The van der Waals surface area contributed by atoms with E-state index in [0.717, 1.165) is 29.7 Å². The molecule has 2 heterocycles. The van der Waals surface area contributed by atoms with E-state index in [4.69, 9.17) is 10.5 Å². The Morgan fingerprint density at radius 3 is 2.63 bits per heavy atom. The molecule has 3 amide bonds. The number of nitrogens with two attached hydrogens (primary N) is 1. The van der Waals surface area contributed by atoms with Gasteiger partial charge in [-0.05, 0) is 36.1 Å². The van der Waals surface area contributed by atoms with Crippen molar-refractivity contribution < 1.29 is 14.3 Å². The molecule has 2 aromatic carbocycles. The molecule has 1 aromatic heterocycles. The maximum atomic E-state index is 12.7. The minimum absolute atomic E-state index is 0.0157. The Kier molecular flexibility index (Phi) is 8.29. The molecule has 184 valence electrons. The Morgan fingerprint density at radius 2 is 1.83 bits per heavy atom. The number of hydrogen-bond acceptors (Lipinski definition) is 6. The third kappa shape index (κ3) is 7.28. The van der Waals surface area contributed by atoms with Crippen LogP contribution in [0.15, 0.2) is 60.8 Å². The molecular formula is C25H31N7O3. The Bertz CT molecular complexity index is 1100. The van der Waals surface area contributed by atoms with Crippen LogP contribution in [0.1, 0.15) is 29.7 Å². The lowest BCUT2D eigenvalue weighted by molar-refractivity contribution is -0.131. The number of nitrogens with one attached hydrogen (secondary N) is 2. The number of nitrogens with zero attached hydrogens (tertiary/aromatic N) is 4. The van der Waals surface area contributed by atoms with Gasteiger partial charge in [0.1, 0.15) is 5.69 Å². The van der Waals surface area contributed by atoms with Gasteiger partial charge < -0.3 is 26.0 Å². The number of amides is 3. The highest BCUT2D eigenvalue weighted by Gasteiger charge is 2.29. The molecule has 0 bridgehead atoms. The zero-order valence-electron chi connectivity index (χ0n) is 19.6. The standard InChI is InChI=1S/C25H31N7O3/c26-21-10-8-19(9-11-21)13-27-25(34)28-14-24(33)32-12-4-7-23(32)16-31-15-22(29-30-31)18-35-17-20-5-2-1-3-6-20/h1-3,5-6,8-11,15,23H,4,7,12-14,16-18,26H2,(H2,27,28,34)/t23-/m1/s1. The summed E-state index contributed by atoms with van der Waals surface area (Å²) in [6.45, 7) is 2.41. The second-order valence-electron chi connectivity index (χ2n) is 8.57. The maximum absolute atomic E-state index is 12.7. The van der Waals surface area contributed by atoms with Crippen LogP contribution in [-0.2, 0) is 35.8 Å². The molecule has 1 fully saturated rings. The predicted molar refractivity (Wildman–Crippen MR) is 131 cm³/mol. The number of nitrogen functional groups attached to an aromatic ring is 1. The summed E-state index contributed by atoms with van der Waals surface area (Å²) in [5.41, 5.74) is 9.12. The van der Waals surface area contributed by atoms with Crippen LogP contribution in [0.2, 0.25) is 0 Å². The predicted octanol–water partition coefficient (Wildman–Crippen LogP) is 2.07. The van der Waals surface area contributed by atoms with Crippen LogP contribution in [0.25, 0.3) is 0 Å². The van der Waals surface area contributed by atoms with Gasteiger partial charge in [0.25, 0.3) is 0 Å². The fraction of sp³-hybridized carbons (Fsp3) is 0.360. The SMILES string of the molecule is Nc1ccc(CNC(=O)NCC(=O)N2CCC[C@@H]2Cn2cc(COCc3ccccc3)nn2)cc1. The zero-order valence-corrected chi connectivity index (χ0v) is 19.6. The normalized spacial score (nSPS) is 15.2. The zero-order chi connectivity index (χ0) is 24.5. The summed E-state index contributed by atoms with van der Waals surface area (Å²) in [7, 11) is 0. The number of urea groups is 1. The number of likely N-dealkylation sites (tertiary alicyclic amines) is 1. The Morgan fingerprint density at radius 1 is 1.03 bits per heavy atom. The van der Waals surface area contributed by atoms with Gasteiger partial charge in [-0.25, -0.2) is 4.79 Å². The number of anilines is 1. The highest BCUT2D eigenvalue weighted by molar-refractivity contribution is 5.84. The van der Waals surface area contributed by atoms with E-state index in [2.05, 4.69) is 20.9 Å². The number of carbonyl (C=O) groups is 2. The molecule has 1 saturated heterocycles. The van der Waals surface area contributed by atoms with Crippen molar-refractivity contribution in [3.05, 3.63) is 77.6 Å². The van der Waals surface area contributed by atoms with Crippen molar-refractivity contribution in [1.82, 2.24) is 30.5 Å². The van der Waals surface area contributed by atoms with E-state index in [-0.39, 0.29) is 24.5 Å². The lowest BCUT2D eigenvalue weighted by Gasteiger charge is -2.24. The molecule has 1 atom stereocenters. The van der Waals surface area contributed by atoms with Crippen molar-refractivity contribution in [2.75, 3.05) is 18.8 Å². The minimum Gasteiger partial charge on any atom is -0.399 e. The molecular weight excluding hydrogens is 446 g/mol. The summed E-state index contributed by atoms with van der Waals surface area (Å²) >= 11 is 0. The van der Waals surface area contributed by atoms with Gasteiger partial charge >= 0.3 is 6.03 Å². The summed E-state index contributed by atoms with van der Waals surface area (Å²) in [6.07, 6.45) is 3.66. The highest BCUT2D eigenvalue weighted by atomic mass is 16.5. The largest absolute Gasteiger partial charge is 0.399 e. The van der Waals surface area contributed by atoms with Gasteiger partial charge in [0.2, 0.25) is 5.91 Å². The van der Waals surface area contributed by atoms with Crippen LogP contribution in [0.3, 0.4) is 0 Å². The Balaban J connectivity index is 1.19.